The Morgan fingerprint density at radius 2 is 2.13 bits per heavy atom. The minimum Gasteiger partial charge on any atom is -0.468 e. The molecule has 3 rings (SSSR count). The Hall–Kier alpha value is -2.81. The van der Waals surface area contributed by atoms with Gasteiger partial charge in [-0.05, 0) is 38.3 Å². The summed E-state index contributed by atoms with van der Waals surface area (Å²) in [5.41, 5.74) is 5.19. The van der Waals surface area contributed by atoms with Gasteiger partial charge in [-0.25, -0.2) is 4.79 Å². The molecule has 4 N–H and O–H groups in total. The number of carbonyl (C=O) groups excluding carboxylic acids is 1. The zero-order chi connectivity index (χ0) is 21.7. The zero-order valence-corrected chi connectivity index (χ0v) is 17.6. The number of carbonyl (C=O) groups is 1. The number of nitrogens with zero attached hydrogens (tertiary/aromatic N) is 2. The number of aromatic amines is 1. The Bertz CT molecular complexity index is 957. The molecule has 1 fully saturated rings. The molecule has 0 saturated heterocycles. The number of rotatable bonds is 9. The lowest BCUT2D eigenvalue weighted by Gasteiger charge is -2.30. The van der Waals surface area contributed by atoms with Crippen LogP contribution in [0.4, 0.5) is 11.5 Å². The van der Waals surface area contributed by atoms with Crippen molar-refractivity contribution < 1.29 is 9.21 Å². The van der Waals surface area contributed by atoms with Gasteiger partial charge in [-0.1, -0.05) is 26.2 Å². The molecule has 0 aromatic carbocycles. The molecule has 1 amide bonds. The third-order valence-electron chi connectivity index (χ3n) is 5.68. The standard InChI is InChI=1S/C21H31N5O4/c1-3-4-11-25-19(22)18(20(28)24-21(25)29)26(15-8-5-6-9-15)17(27)13-23-14(2)16-10-7-12-30-16/h7,10,12,14-15,23H,3-6,8-9,11,13,22H2,1-2H3,(H,24,28,29)/t14-/m1/s1. The molecule has 0 bridgehead atoms. The van der Waals surface area contributed by atoms with Crippen molar-refractivity contribution in [1.82, 2.24) is 14.9 Å². The fourth-order valence-electron chi connectivity index (χ4n) is 3.99. The van der Waals surface area contributed by atoms with E-state index >= 15 is 0 Å². The summed E-state index contributed by atoms with van der Waals surface area (Å²) in [7, 11) is 0. The second-order valence-corrected chi connectivity index (χ2v) is 7.82. The van der Waals surface area contributed by atoms with E-state index in [1.807, 2.05) is 19.9 Å². The number of hydrogen-bond acceptors (Lipinski definition) is 6. The van der Waals surface area contributed by atoms with E-state index in [4.69, 9.17) is 10.2 Å². The van der Waals surface area contributed by atoms with Gasteiger partial charge in [-0.2, -0.15) is 0 Å². The number of nitrogen functional groups attached to an aromatic ring is 1. The van der Waals surface area contributed by atoms with Gasteiger partial charge in [0.05, 0.1) is 18.8 Å². The second kappa shape index (κ2) is 9.80. The summed E-state index contributed by atoms with van der Waals surface area (Å²) >= 11 is 0. The molecule has 0 unspecified atom stereocenters. The van der Waals surface area contributed by atoms with Gasteiger partial charge in [-0.3, -0.25) is 24.5 Å². The number of aromatic nitrogens is 2. The first-order valence-corrected chi connectivity index (χ1v) is 10.7. The number of hydrogen-bond donors (Lipinski definition) is 3. The van der Waals surface area contributed by atoms with Crippen molar-refractivity contribution in [2.24, 2.45) is 0 Å². The Labute approximate surface area is 175 Å². The summed E-state index contributed by atoms with van der Waals surface area (Å²) in [5, 5.41) is 3.15. The summed E-state index contributed by atoms with van der Waals surface area (Å²) in [6, 6.07) is 3.35. The highest BCUT2D eigenvalue weighted by Crippen LogP contribution is 2.29. The summed E-state index contributed by atoms with van der Waals surface area (Å²) in [4.78, 5) is 42.1. The molecule has 0 radical (unpaired) electrons. The minimum atomic E-state index is -0.621. The van der Waals surface area contributed by atoms with Crippen LogP contribution in [-0.2, 0) is 11.3 Å². The van der Waals surface area contributed by atoms with Crippen LogP contribution in [-0.4, -0.2) is 28.0 Å². The van der Waals surface area contributed by atoms with Crippen molar-refractivity contribution in [2.75, 3.05) is 17.2 Å². The average Bonchev–Trinajstić information content (AvgIpc) is 3.43. The van der Waals surface area contributed by atoms with E-state index < -0.39 is 11.2 Å². The quantitative estimate of drug-likeness (QED) is 0.574. The normalized spacial score (nSPS) is 15.4. The molecule has 30 heavy (non-hydrogen) atoms. The van der Waals surface area contributed by atoms with Crippen molar-refractivity contribution in [1.29, 1.82) is 0 Å². The first-order valence-electron chi connectivity index (χ1n) is 10.7. The lowest BCUT2D eigenvalue weighted by molar-refractivity contribution is -0.118. The lowest BCUT2D eigenvalue weighted by Crippen LogP contribution is -2.48. The number of nitrogens with one attached hydrogen (secondary N) is 2. The number of unbranched alkanes of at least 4 members (excludes halogenated alkanes) is 1. The highest BCUT2D eigenvalue weighted by molar-refractivity contribution is 5.97. The first-order chi connectivity index (χ1) is 14.4. The van der Waals surface area contributed by atoms with Crippen molar-refractivity contribution in [2.45, 2.75) is 71.0 Å². The van der Waals surface area contributed by atoms with E-state index in [2.05, 4.69) is 10.3 Å². The largest absolute Gasteiger partial charge is 0.468 e. The van der Waals surface area contributed by atoms with Crippen LogP contribution in [0.25, 0.3) is 0 Å². The van der Waals surface area contributed by atoms with Gasteiger partial charge in [0, 0.05) is 12.6 Å². The number of furan rings is 1. The van der Waals surface area contributed by atoms with Crippen LogP contribution in [0.3, 0.4) is 0 Å². The fourth-order valence-corrected chi connectivity index (χ4v) is 3.99. The molecule has 9 heteroatoms. The van der Waals surface area contributed by atoms with Crippen molar-refractivity contribution >= 4 is 17.4 Å². The van der Waals surface area contributed by atoms with Crippen molar-refractivity contribution in [3.63, 3.8) is 0 Å². The third-order valence-corrected chi connectivity index (χ3v) is 5.68. The maximum Gasteiger partial charge on any atom is 0.330 e. The van der Waals surface area contributed by atoms with E-state index in [9.17, 15) is 14.4 Å². The molecule has 1 aliphatic carbocycles. The molecule has 0 aliphatic heterocycles. The Morgan fingerprint density at radius 3 is 2.77 bits per heavy atom. The van der Waals surface area contributed by atoms with Crippen LogP contribution < -0.4 is 27.2 Å². The van der Waals surface area contributed by atoms with E-state index in [0.717, 1.165) is 44.3 Å². The molecular weight excluding hydrogens is 386 g/mol. The Kier molecular flexibility index (Phi) is 7.15. The van der Waals surface area contributed by atoms with Crippen LogP contribution in [0, 0.1) is 0 Å². The van der Waals surface area contributed by atoms with Crippen LogP contribution in [0.15, 0.2) is 32.4 Å². The van der Waals surface area contributed by atoms with Crippen LogP contribution in [0.5, 0.6) is 0 Å². The van der Waals surface area contributed by atoms with E-state index in [1.165, 1.54) is 9.47 Å². The van der Waals surface area contributed by atoms with Gasteiger partial charge in [-0.15, -0.1) is 0 Å². The van der Waals surface area contributed by atoms with E-state index in [-0.39, 0.29) is 36.0 Å². The molecule has 0 spiro atoms. The Balaban J connectivity index is 1.91. The van der Waals surface area contributed by atoms with Gasteiger partial charge in [0.2, 0.25) is 5.91 Å². The van der Waals surface area contributed by atoms with Crippen LogP contribution >= 0.6 is 0 Å². The fraction of sp³-hybridized carbons (Fsp3) is 0.571. The lowest BCUT2D eigenvalue weighted by atomic mass is 10.1. The molecular formula is C21H31N5O4. The van der Waals surface area contributed by atoms with E-state index in [0.29, 0.717) is 6.54 Å². The van der Waals surface area contributed by atoms with Gasteiger partial charge in [0.15, 0.2) is 5.69 Å². The molecule has 9 nitrogen and oxygen atoms in total. The number of H-pyrrole nitrogens is 1. The summed E-state index contributed by atoms with van der Waals surface area (Å²) < 4.78 is 6.73. The highest BCUT2D eigenvalue weighted by atomic mass is 16.3. The molecule has 1 saturated carbocycles. The summed E-state index contributed by atoms with van der Waals surface area (Å²) in [6.45, 7) is 4.32. The highest BCUT2D eigenvalue weighted by Gasteiger charge is 2.32. The second-order valence-electron chi connectivity index (χ2n) is 7.82. The molecule has 2 heterocycles. The summed E-state index contributed by atoms with van der Waals surface area (Å²) in [6.07, 6.45) is 6.77. The third kappa shape index (κ3) is 4.67. The van der Waals surface area contributed by atoms with Gasteiger partial charge < -0.3 is 15.1 Å². The minimum absolute atomic E-state index is 0.0192. The maximum absolute atomic E-state index is 13.3. The Morgan fingerprint density at radius 1 is 1.40 bits per heavy atom. The first kappa shape index (κ1) is 21.9. The predicted molar refractivity (Wildman–Crippen MR) is 116 cm³/mol. The molecule has 164 valence electrons. The molecule has 1 atom stereocenters. The van der Waals surface area contributed by atoms with Crippen molar-refractivity contribution in [3.8, 4) is 0 Å². The van der Waals surface area contributed by atoms with Gasteiger partial charge >= 0.3 is 5.69 Å². The maximum atomic E-state index is 13.3. The molecule has 2 aromatic rings. The SMILES string of the molecule is CCCCn1c(N)c(N(C(=O)CN[C@H](C)c2ccco2)C2CCCC2)c(=O)[nH]c1=O. The zero-order valence-electron chi connectivity index (χ0n) is 17.6. The van der Waals surface area contributed by atoms with Crippen LogP contribution in [0.1, 0.15) is 64.2 Å². The van der Waals surface area contributed by atoms with Gasteiger partial charge in [0.25, 0.3) is 5.56 Å². The molecule has 2 aromatic heterocycles. The average molecular weight is 418 g/mol. The topological polar surface area (TPSA) is 126 Å². The predicted octanol–water partition coefficient (Wildman–Crippen LogP) is 2.14. The number of nitrogens with two attached hydrogens (primary N) is 1. The van der Waals surface area contributed by atoms with Gasteiger partial charge in [0.1, 0.15) is 11.6 Å². The monoisotopic (exact) mass is 417 g/mol. The van der Waals surface area contributed by atoms with Crippen LogP contribution in [0.2, 0.25) is 0 Å². The molecule has 1 aliphatic rings. The number of amides is 1. The van der Waals surface area contributed by atoms with E-state index in [1.54, 1.807) is 12.3 Å². The summed E-state index contributed by atoms with van der Waals surface area (Å²) in [5.74, 6) is 0.524. The number of anilines is 2. The van der Waals surface area contributed by atoms with Crippen molar-refractivity contribution in [3.05, 3.63) is 45.0 Å². The smallest absolute Gasteiger partial charge is 0.330 e.